The monoisotopic (exact) mass is 290 g/mol. The van der Waals surface area contributed by atoms with E-state index in [1.54, 1.807) is 0 Å². The Hall–Kier alpha value is -1.06. The van der Waals surface area contributed by atoms with Gasteiger partial charge in [0, 0.05) is 13.1 Å². The summed E-state index contributed by atoms with van der Waals surface area (Å²) in [5.41, 5.74) is 1.78. The van der Waals surface area contributed by atoms with Crippen molar-refractivity contribution in [3.05, 3.63) is 29.8 Å². The van der Waals surface area contributed by atoms with Crippen molar-refractivity contribution >= 4 is 0 Å². The lowest BCUT2D eigenvalue weighted by atomic mass is 9.80. The highest BCUT2D eigenvalue weighted by Crippen LogP contribution is 2.29. The van der Waals surface area contributed by atoms with E-state index in [9.17, 15) is 0 Å². The summed E-state index contributed by atoms with van der Waals surface area (Å²) in [6, 6.07) is 8.47. The third kappa shape index (κ3) is 5.33. The second kappa shape index (κ2) is 7.81. The molecule has 0 aromatic heterocycles. The van der Waals surface area contributed by atoms with Crippen molar-refractivity contribution in [2.45, 2.75) is 39.7 Å². The Kier molecular flexibility index (Phi) is 6.07. The minimum absolute atomic E-state index is 0.455. The molecular formula is C18H30N2O. The first-order valence-corrected chi connectivity index (χ1v) is 8.22. The van der Waals surface area contributed by atoms with Gasteiger partial charge in [0.1, 0.15) is 5.75 Å². The Morgan fingerprint density at radius 1 is 1.19 bits per heavy atom. The van der Waals surface area contributed by atoms with E-state index in [1.165, 1.54) is 31.5 Å². The first kappa shape index (κ1) is 16.3. The molecule has 3 heteroatoms. The predicted octanol–water partition coefficient (Wildman–Crippen LogP) is 3.30. The first-order valence-electron chi connectivity index (χ1n) is 8.22. The fourth-order valence-corrected chi connectivity index (χ4v) is 2.77. The van der Waals surface area contributed by atoms with E-state index >= 15 is 0 Å². The molecule has 118 valence electrons. The van der Waals surface area contributed by atoms with Gasteiger partial charge in [-0.3, -0.25) is 0 Å². The third-order valence-corrected chi connectivity index (χ3v) is 4.47. The molecule has 1 N–H and O–H groups in total. The minimum atomic E-state index is 0.455. The quantitative estimate of drug-likeness (QED) is 0.834. The molecular weight excluding hydrogens is 260 g/mol. The number of likely N-dealkylation sites (tertiary alicyclic amines) is 1. The van der Waals surface area contributed by atoms with Crippen LogP contribution in [0.15, 0.2) is 24.3 Å². The normalized spacial score (nSPS) is 18.6. The summed E-state index contributed by atoms with van der Waals surface area (Å²) in [5.74, 6) is 0.975. The lowest BCUT2D eigenvalue weighted by Crippen LogP contribution is -2.41. The van der Waals surface area contributed by atoms with Crippen LogP contribution in [0.2, 0.25) is 0 Å². The van der Waals surface area contributed by atoms with Crippen LogP contribution in [0.25, 0.3) is 0 Å². The summed E-state index contributed by atoms with van der Waals surface area (Å²) in [7, 11) is 2.22. The maximum absolute atomic E-state index is 5.61. The van der Waals surface area contributed by atoms with Crippen LogP contribution in [-0.2, 0) is 6.54 Å². The maximum atomic E-state index is 5.61. The van der Waals surface area contributed by atoms with E-state index < -0.39 is 0 Å². The zero-order valence-corrected chi connectivity index (χ0v) is 13.8. The van der Waals surface area contributed by atoms with Crippen molar-refractivity contribution in [2.24, 2.45) is 5.41 Å². The maximum Gasteiger partial charge on any atom is 0.119 e. The van der Waals surface area contributed by atoms with Gasteiger partial charge in [0.05, 0.1) is 6.61 Å². The van der Waals surface area contributed by atoms with Crippen LogP contribution < -0.4 is 10.1 Å². The lowest BCUT2D eigenvalue weighted by Gasteiger charge is -2.38. The van der Waals surface area contributed by atoms with Gasteiger partial charge in [0.25, 0.3) is 0 Å². The smallest absolute Gasteiger partial charge is 0.119 e. The zero-order valence-electron chi connectivity index (χ0n) is 13.8. The number of ether oxygens (including phenoxy) is 1. The molecule has 1 aliphatic heterocycles. The molecule has 0 radical (unpaired) electrons. The Labute approximate surface area is 129 Å². The number of piperidine rings is 1. The average molecular weight is 290 g/mol. The Bertz CT molecular complexity index is 408. The van der Waals surface area contributed by atoms with Crippen LogP contribution in [0.1, 0.15) is 38.7 Å². The highest BCUT2D eigenvalue weighted by molar-refractivity contribution is 5.27. The number of nitrogens with one attached hydrogen (secondary N) is 1. The fourth-order valence-electron chi connectivity index (χ4n) is 2.77. The molecule has 0 amide bonds. The molecule has 0 spiro atoms. The fraction of sp³-hybridized carbons (Fsp3) is 0.667. The van der Waals surface area contributed by atoms with Crippen molar-refractivity contribution in [3.63, 3.8) is 0 Å². The van der Waals surface area contributed by atoms with Crippen molar-refractivity contribution in [1.29, 1.82) is 0 Å². The highest BCUT2D eigenvalue weighted by Gasteiger charge is 2.28. The number of hydrogen-bond donors (Lipinski definition) is 1. The number of hydrogen-bond acceptors (Lipinski definition) is 3. The van der Waals surface area contributed by atoms with Gasteiger partial charge in [-0.1, -0.05) is 26.0 Å². The molecule has 1 fully saturated rings. The van der Waals surface area contributed by atoms with Gasteiger partial charge in [-0.15, -0.1) is 0 Å². The summed E-state index contributed by atoms with van der Waals surface area (Å²) in [5, 5.41) is 3.63. The van der Waals surface area contributed by atoms with Gasteiger partial charge < -0.3 is 15.0 Å². The largest absolute Gasteiger partial charge is 0.494 e. The zero-order chi connectivity index (χ0) is 15.1. The summed E-state index contributed by atoms with van der Waals surface area (Å²) in [4.78, 5) is 2.43. The topological polar surface area (TPSA) is 24.5 Å². The molecule has 0 saturated carbocycles. The predicted molar refractivity (Wildman–Crippen MR) is 88.8 cm³/mol. The molecule has 0 unspecified atom stereocenters. The summed E-state index contributed by atoms with van der Waals surface area (Å²) in [6.45, 7) is 9.83. The molecule has 1 aromatic rings. The van der Waals surface area contributed by atoms with Crippen molar-refractivity contribution in [3.8, 4) is 5.75 Å². The van der Waals surface area contributed by atoms with Gasteiger partial charge in [0.15, 0.2) is 0 Å². The second-order valence-electron chi connectivity index (χ2n) is 6.71. The molecule has 21 heavy (non-hydrogen) atoms. The van der Waals surface area contributed by atoms with Gasteiger partial charge in [-0.05, 0) is 62.5 Å². The van der Waals surface area contributed by atoms with Crippen LogP contribution in [0, 0.1) is 5.41 Å². The van der Waals surface area contributed by atoms with Crippen LogP contribution in [-0.4, -0.2) is 38.2 Å². The SMILES string of the molecule is CCCOc1ccc(CNCC2(C)CCN(C)CC2)cc1. The number of benzene rings is 1. The lowest BCUT2D eigenvalue weighted by molar-refractivity contribution is 0.137. The highest BCUT2D eigenvalue weighted by atomic mass is 16.5. The second-order valence-corrected chi connectivity index (χ2v) is 6.71. The molecule has 0 aliphatic carbocycles. The van der Waals surface area contributed by atoms with Gasteiger partial charge in [0.2, 0.25) is 0 Å². The average Bonchev–Trinajstić information content (AvgIpc) is 2.50. The van der Waals surface area contributed by atoms with Gasteiger partial charge >= 0.3 is 0 Å². The van der Waals surface area contributed by atoms with Crippen LogP contribution in [0.4, 0.5) is 0 Å². The summed E-state index contributed by atoms with van der Waals surface area (Å²) >= 11 is 0. The Balaban J connectivity index is 1.73. The molecule has 1 aromatic carbocycles. The van der Waals surface area contributed by atoms with Crippen molar-refractivity contribution in [1.82, 2.24) is 10.2 Å². The van der Waals surface area contributed by atoms with E-state index in [2.05, 4.69) is 55.4 Å². The minimum Gasteiger partial charge on any atom is -0.494 e. The number of nitrogens with zero attached hydrogens (tertiary/aromatic N) is 1. The Morgan fingerprint density at radius 3 is 2.48 bits per heavy atom. The third-order valence-electron chi connectivity index (χ3n) is 4.47. The van der Waals surface area contributed by atoms with E-state index in [0.717, 1.165) is 31.9 Å². The standard InChI is InChI=1S/C18H30N2O/c1-4-13-21-17-7-5-16(6-8-17)14-19-15-18(2)9-11-20(3)12-10-18/h5-8,19H,4,9-15H2,1-3H3. The number of rotatable bonds is 7. The molecule has 1 aliphatic rings. The van der Waals surface area contributed by atoms with Crippen LogP contribution >= 0.6 is 0 Å². The molecule has 1 saturated heterocycles. The van der Waals surface area contributed by atoms with Crippen molar-refractivity contribution in [2.75, 3.05) is 33.3 Å². The molecule has 2 rings (SSSR count). The van der Waals surface area contributed by atoms with E-state index in [4.69, 9.17) is 4.74 Å². The summed E-state index contributed by atoms with van der Waals surface area (Å²) < 4.78 is 5.61. The molecule has 0 bridgehead atoms. The molecule has 3 nitrogen and oxygen atoms in total. The van der Waals surface area contributed by atoms with Crippen LogP contribution in [0.5, 0.6) is 5.75 Å². The first-order chi connectivity index (χ1) is 10.1. The van der Waals surface area contributed by atoms with Crippen molar-refractivity contribution < 1.29 is 4.74 Å². The molecule has 1 heterocycles. The van der Waals surface area contributed by atoms with E-state index in [1.807, 2.05) is 0 Å². The van der Waals surface area contributed by atoms with E-state index in [-0.39, 0.29) is 0 Å². The van der Waals surface area contributed by atoms with Crippen LogP contribution in [0.3, 0.4) is 0 Å². The van der Waals surface area contributed by atoms with Gasteiger partial charge in [-0.25, -0.2) is 0 Å². The van der Waals surface area contributed by atoms with Gasteiger partial charge in [-0.2, -0.15) is 0 Å². The van der Waals surface area contributed by atoms with E-state index in [0.29, 0.717) is 5.41 Å². The summed E-state index contributed by atoms with van der Waals surface area (Å²) in [6.07, 6.45) is 3.64. The molecule has 0 atom stereocenters. The Morgan fingerprint density at radius 2 is 1.86 bits per heavy atom.